The maximum atomic E-state index is 10.9. The highest BCUT2D eigenvalue weighted by molar-refractivity contribution is 5.58. The van der Waals surface area contributed by atoms with Gasteiger partial charge in [-0.05, 0) is 37.3 Å². The fourth-order valence-corrected chi connectivity index (χ4v) is 2.71. The summed E-state index contributed by atoms with van der Waals surface area (Å²) in [7, 11) is 0. The number of nitriles is 1. The number of non-ortho nitro benzene ring substituents is 1. The van der Waals surface area contributed by atoms with E-state index in [1.54, 1.807) is 6.07 Å². The van der Waals surface area contributed by atoms with Crippen LogP contribution in [0.1, 0.15) is 24.8 Å². The largest absolute Gasteiger partial charge is 0.395 e. The Labute approximate surface area is 123 Å². The molecular formula is C15H19N3O3. The zero-order valence-electron chi connectivity index (χ0n) is 11.9. The Hall–Kier alpha value is -2.13. The van der Waals surface area contributed by atoms with Gasteiger partial charge < -0.3 is 10.0 Å². The predicted molar refractivity (Wildman–Crippen MR) is 79.1 cm³/mol. The molecule has 1 aliphatic heterocycles. The first-order valence-electron chi connectivity index (χ1n) is 7.18. The Morgan fingerprint density at radius 1 is 1.38 bits per heavy atom. The quantitative estimate of drug-likeness (QED) is 0.663. The molecule has 0 bridgehead atoms. The van der Waals surface area contributed by atoms with Gasteiger partial charge >= 0.3 is 0 Å². The van der Waals surface area contributed by atoms with Gasteiger partial charge in [-0.15, -0.1) is 0 Å². The summed E-state index contributed by atoms with van der Waals surface area (Å²) in [5.74, 6) is -0.532. The van der Waals surface area contributed by atoms with Crippen molar-refractivity contribution in [2.45, 2.75) is 25.7 Å². The van der Waals surface area contributed by atoms with Crippen molar-refractivity contribution in [1.29, 1.82) is 5.26 Å². The van der Waals surface area contributed by atoms with Gasteiger partial charge in [0.15, 0.2) is 0 Å². The van der Waals surface area contributed by atoms with Gasteiger partial charge in [0.2, 0.25) is 0 Å². The zero-order chi connectivity index (χ0) is 15.2. The van der Waals surface area contributed by atoms with Crippen LogP contribution in [-0.2, 0) is 6.42 Å². The van der Waals surface area contributed by atoms with Gasteiger partial charge in [0.1, 0.15) is 0 Å². The van der Waals surface area contributed by atoms with Crippen LogP contribution in [0.4, 0.5) is 11.4 Å². The summed E-state index contributed by atoms with van der Waals surface area (Å²) < 4.78 is 0. The Morgan fingerprint density at radius 2 is 2.10 bits per heavy atom. The molecule has 6 nitrogen and oxygen atoms in total. The number of hydrogen-bond donors (Lipinski definition) is 1. The second kappa shape index (κ2) is 7.04. The van der Waals surface area contributed by atoms with Crippen LogP contribution in [0.3, 0.4) is 0 Å². The predicted octanol–water partition coefficient (Wildman–Crippen LogP) is 2.26. The van der Waals surface area contributed by atoms with Crippen molar-refractivity contribution in [2.75, 3.05) is 24.6 Å². The second-order valence-corrected chi connectivity index (χ2v) is 5.33. The van der Waals surface area contributed by atoms with Crippen molar-refractivity contribution in [2.24, 2.45) is 5.92 Å². The molecule has 1 aromatic rings. The molecule has 21 heavy (non-hydrogen) atoms. The van der Waals surface area contributed by atoms with E-state index < -0.39 is 10.8 Å². The van der Waals surface area contributed by atoms with Gasteiger partial charge in [0.25, 0.3) is 5.69 Å². The maximum Gasteiger partial charge on any atom is 0.269 e. The van der Waals surface area contributed by atoms with Crippen molar-refractivity contribution >= 4 is 11.4 Å². The molecule has 0 aromatic heterocycles. The van der Waals surface area contributed by atoms with E-state index in [1.807, 2.05) is 6.07 Å². The van der Waals surface area contributed by atoms with Crippen LogP contribution in [0.5, 0.6) is 0 Å². The molecular weight excluding hydrogens is 270 g/mol. The number of nitrogens with zero attached hydrogens (tertiary/aromatic N) is 3. The highest BCUT2D eigenvalue weighted by atomic mass is 16.6. The number of anilines is 1. The highest BCUT2D eigenvalue weighted by Crippen LogP contribution is 2.29. The normalized spacial score (nSPS) is 16.3. The van der Waals surface area contributed by atoms with Gasteiger partial charge in [-0.2, -0.15) is 5.26 Å². The van der Waals surface area contributed by atoms with Crippen LogP contribution < -0.4 is 4.90 Å². The van der Waals surface area contributed by atoms with E-state index in [2.05, 4.69) is 4.90 Å². The smallest absolute Gasteiger partial charge is 0.269 e. The van der Waals surface area contributed by atoms with E-state index in [-0.39, 0.29) is 12.3 Å². The van der Waals surface area contributed by atoms with Crippen LogP contribution in [-0.4, -0.2) is 29.7 Å². The summed E-state index contributed by atoms with van der Waals surface area (Å²) >= 11 is 0. The van der Waals surface area contributed by atoms with Gasteiger partial charge in [-0.1, -0.05) is 0 Å². The lowest BCUT2D eigenvalue weighted by atomic mass is 9.97. The van der Waals surface area contributed by atoms with Crippen LogP contribution in [0, 0.1) is 27.4 Å². The minimum atomic E-state index is -0.532. The topological polar surface area (TPSA) is 90.4 Å². The third-order valence-electron chi connectivity index (χ3n) is 3.84. The fourth-order valence-electron chi connectivity index (χ4n) is 2.71. The SMILES string of the molecule is N#C[C@@H](CO)Cc1cc([N+](=O)[O-])ccc1N1CCCCC1. The van der Waals surface area contributed by atoms with Crippen molar-refractivity contribution in [3.05, 3.63) is 33.9 Å². The van der Waals surface area contributed by atoms with E-state index in [9.17, 15) is 15.2 Å². The van der Waals surface area contributed by atoms with Gasteiger partial charge in [0, 0.05) is 30.9 Å². The molecule has 1 atom stereocenters. The molecule has 6 heteroatoms. The van der Waals surface area contributed by atoms with Crippen LogP contribution in [0.2, 0.25) is 0 Å². The zero-order valence-corrected chi connectivity index (χ0v) is 11.9. The summed E-state index contributed by atoms with van der Waals surface area (Å²) in [6.45, 7) is 1.63. The molecule has 1 aromatic carbocycles. The lowest BCUT2D eigenvalue weighted by Crippen LogP contribution is -2.30. The maximum absolute atomic E-state index is 10.9. The van der Waals surface area contributed by atoms with Crippen molar-refractivity contribution in [3.8, 4) is 6.07 Å². The third kappa shape index (κ3) is 3.70. The molecule has 1 saturated heterocycles. The molecule has 1 heterocycles. The standard InChI is InChI=1S/C15H19N3O3/c16-10-12(11-19)8-13-9-14(18(20)21)4-5-15(13)17-6-2-1-3-7-17/h4-5,9,12,19H,1-3,6-8,11H2/t12-/m0/s1. The summed E-state index contributed by atoms with van der Waals surface area (Å²) in [6, 6.07) is 6.85. The van der Waals surface area contributed by atoms with Gasteiger partial charge in [-0.25, -0.2) is 0 Å². The minimum Gasteiger partial charge on any atom is -0.395 e. The average molecular weight is 289 g/mol. The fraction of sp³-hybridized carbons (Fsp3) is 0.533. The molecule has 0 unspecified atom stereocenters. The molecule has 0 aliphatic carbocycles. The molecule has 0 saturated carbocycles. The molecule has 0 radical (unpaired) electrons. The number of nitro benzene ring substituents is 1. The molecule has 1 fully saturated rings. The third-order valence-corrected chi connectivity index (χ3v) is 3.84. The number of aliphatic hydroxyl groups is 1. The van der Waals surface area contributed by atoms with E-state index in [4.69, 9.17) is 5.26 Å². The number of rotatable bonds is 5. The molecule has 0 spiro atoms. The lowest BCUT2D eigenvalue weighted by Gasteiger charge is -2.30. The Balaban J connectivity index is 2.33. The van der Waals surface area contributed by atoms with Crippen LogP contribution in [0.15, 0.2) is 18.2 Å². The second-order valence-electron chi connectivity index (χ2n) is 5.33. The highest BCUT2D eigenvalue weighted by Gasteiger charge is 2.19. The van der Waals surface area contributed by atoms with E-state index in [1.165, 1.54) is 18.6 Å². The summed E-state index contributed by atoms with van der Waals surface area (Å²) in [6.07, 6.45) is 3.76. The van der Waals surface area contributed by atoms with Gasteiger partial charge in [0.05, 0.1) is 23.5 Å². The summed E-state index contributed by atoms with van der Waals surface area (Å²) in [5, 5.41) is 29.1. The molecule has 1 aliphatic rings. The Bertz CT molecular complexity index is 548. The number of piperidine rings is 1. The number of nitro groups is 1. The van der Waals surface area contributed by atoms with E-state index >= 15 is 0 Å². The first kappa shape index (κ1) is 15.3. The van der Waals surface area contributed by atoms with Crippen molar-refractivity contribution in [1.82, 2.24) is 0 Å². The summed E-state index contributed by atoms with van der Waals surface area (Å²) in [5.41, 5.74) is 1.75. The van der Waals surface area contributed by atoms with Crippen LogP contribution in [0.25, 0.3) is 0 Å². The Morgan fingerprint density at radius 3 is 2.67 bits per heavy atom. The number of aliphatic hydroxyl groups excluding tert-OH is 1. The molecule has 2 rings (SSSR count). The van der Waals surface area contributed by atoms with Gasteiger partial charge in [-0.3, -0.25) is 10.1 Å². The number of benzene rings is 1. The molecule has 1 N–H and O–H groups in total. The summed E-state index contributed by atoms with van der Waals surface area (Å²) in [4.78, 5) is 12.7. The lowest BCUT2D eigenvalue weighted by molar-refractivity contribution is -0.384. The van der Waals surface area contributed by atoms with Crippen molar-refractivity contribution in [3.63, 3.8) is 0 Å². The monoisotopic (exact) mass is 289 g/mol. The van der Waals surface area contributed by atoms with Crippen molar-refractivity contribution < 1.29 is 10.0 Å². The number of hydrogen-bond acceptors (Lipinski definition) is 5. The molecule has 112 valence electrons. The Kier molecular flexibility index (Phi) is 5.12. The average Bonchev–Trinajstić information content (AvgIpc) is 2.53. The van der Waals surface area contributed by atoms with E-state index in [0.717, 1.165) is 37.2 Å². The molecule has 0 amide bonds. The van der Waals surface area contributed by atoms with E-state index in [0.29, 0.717) is 6.42 Å². The minimum absolute atomic E-state index is 0.0281. The first-order valence-corrected chi connectivity index (χ1v) is 7.18. The van der Waals surface area contributed by atoms with Crippen LogP contribution >= 0.6 is 0 Å². The first-order chi connectivity index (χ1) is 10.2.